The van der Waals surface area contributed by atoms with Gasteiger partial charge in [0.05, 0.1) is 23.8 Å². The predicted molar refractivity (Wildman–Crippen MR) is 130 cm³/mol. The van der Waals surface area contributed by atoms with Crippen molar-refractivity contribution in [3.63, 3.8) is 0 Å². The molecule has 0 radical (unpaired) electrons. The Bertz CT molecular complexity index is 1400. The lowest BCUT2D eigenvalue weighted by Crippen LogP contribution is -2.23. The van der Waals surface area contributed by atoms with Crippen LogP contribution in [-0.4, -0.2) is 17.1 Å². The van der Waals surface area contributed by atoms with E-state index in [-0.39, 0.29) is 17.2 Å². The van der Waals surface area contributed by atoms with Crippen LogP contribution in [0.4, 0.5) is 0 Å². The van der Waals surface area contributed by atoms with E-state index in [4.69, 9.17) is 5.26 Å². The highest BCUT2D eigenvalue weighted by atomic mass is 16.2. The van der Waals surface area contributed by atoms with Crippen LogP contribution in [0.5, 0.6) is 0 Å². The molecule has 2 atom stereocenters. The van der Waals surface area contributed by atoms with E-state index in [0.717, 1.165) is 39.4 Å². The largest absolute Gasteiger partial charge is 0.273 e. The number of nitriles is 1. The van der Waals surface area contributed by atoms with Crippen LogP contribution in [0.25, 0.3) is 21.9 Å². The Balaban J connectivity index is 1.25. The van der Waals surface area contributed by atoms with E-state index in [1.807, 2.05) is 54.7 Å². The van der Waals surface area contributed by atoms with E-state index < -0.39 is 0 Å². The first-order valence-corrected chi connectivity index (χ1v) is 10.9. The van der Waals surface area contributed by atoms with E-state index in [0.29, 0.717) is 5.56 Å². The van der Waals surface area contributed by atoms with Crippen molar-refractivity contribution in [3.05, 3.63) is 102 Å². The molecule has 1 saturated carbocycles. The molecule has 0 aliphatic heterocycles. The number of hydrogen-bond acceptors (Lipinski definition) is 4. The zero-order chi connectivity index (χ0) is 22.8. The number of nitrogens with zero attached hydrogens (tertiary/aromatic N) is 3. The Hall–Kier alpha value is -4.30. The Morgan fingerprint density at radius 2 is 1.82 bits per heavy atom. The number of carbonyl (C=O) groups excluding carboxylic acids is 1. The molecule has 160 valence electrons. The van der Waals surface area contributed by atoms with Crippen molar-refractivity contribution in [1.82, 2.24) is 10.4 Å². The monoisotopic (exact) mass is 430 g/mol. The number of hydrazone groups is 1. The SMILES string of the molecule is CC1(c2ccc(-c3ccc(C#N)cc3)cc2)CC1C(=O)N/N=C/c1cccc2cnccc12. The minimum Gasteiger partial charge on any atom is -0.273 e. The molecule has 0 bridgehead atoms. The average Bonchev–Trinajstić information content (AvgIpc) is 3.57. The first kappa shape index (κ1) is 20.6. The Labute approximate surface area is 192 Å². The number of carbonyl (C=O) groups is 1. The summed E-state index contributed by atoms with van der Waals surface area (Å²) in [6, 6.07) is 25.9. The third-order valence-electron chi connectivity index (χ3n) is 6.54. The van der Waals surface area contributed by atoms with Gasteiger partial charge in [0.2, 0.25) is 5.91 Å². The van der Waals surface area contributed by atoms with Gasteiger partial charge in [-0.1, -0.05) is 61.5 Å². The lowest BCUT2D eigenvalue weighted by molar-refractivity contribution is -0.122. The second-order valence-electron chi connectivity index (χ2n) is 8.62. The van der Waals surface area contributed by atoms with Crippen LogP contribution in [0.1, 0.15) is 30.0 Å². The fourth-order valence-corrected chi connectivity index (χ4v) is 4.35. The molecule has 1 N–H and O–H groups in total. The van der Waals surface area contributed by atoms with Crippen LogP contribution >= 0.6 is 0 Å². The highest BCUT2D eigenvalue weighted by molar-refractivity contribution is 5.99. The Morgan fingerprint density at radius 1 is 1.09 bits per heavy atom. The van der Waals surface area contributed by atoms with Gasteiger partial charge in [0.15, 0.2) is 0 Å². The maximum Gasteiger partial charge on any atom is 0.244 e. The van der Waals surface area contributed by atoms with Gasteiger partial charge in [-0.15, -0.1) is 0 Å². The summed E-state index contributed by atoms with van der Waals surface area (Å²) in [5.74, 6) is -0.168. The van der Waals surface area contributed by atoms with Crippen molar-refractivity contribution in [1.29, 1.82) is 5.26 Å². The van der Waals surface area contributed by atoms with Crippen molar-refractivity contribution >= 4 is 22.9 Å². The number of amides is 1. The van der Waals surface area contributed by atoms with Gasteiger partial charge >= 0.3 is 0 Å². The number of hydrogen-bond donors (Lipinski definition) is 1. The van der Waals surface area contributed by atoms with Crippen LogP contribution < -0.4 is 5.43 Å². The number of fused-ring (bicyclic) bond motifs is 1. The molecular weight excluding hydrogens is 408 g/mol. The first-order chi connectivity index (χ1) is 16.1. The third kappa shape index (κ3) is 3.99. The molecule has 1 heterocycles. The maximum atomic E-state index is 12.7. The molecule has 33 heavy (non-hydrogen) atoms. The topological polar surface area (TPSA) is 78.1 Å². The predicted octanol–water partition coefficient (Wildman–Crippen LogP) is 5.20. The van der Waals surface area contributed by atoms with Crippen molar-refractivity contribution in [2.24, 2.45) is 11.0 Å². The van der Waals surface area contributed by atoms with E-state index in [2.05, 4.69) is 52.8 Å². The highest BCUT2D eigenvalue weighted by Crippen LogP contribution is 2.54. The standard InChI is InChI=1S/C28H22N4O/c1-28(24-11-9-21(10-12-24)20-7-5-19(16-29)6-8-20)15-26(28)27(33)32-31-18-23-4-2-3-22-17-30-14-13-25(22)23/h2-14,17-18,26H,15H2,1H3,(H,32,33)/b31-18+. The van der Waals surface area contributed by atoms with Gasteiger partial charge in [-0.05, 0) is 46.7 Å². The lowest BCUT2D eigenvalue weighted by Gasteiger charge is -2.12. The molecule has 1 aliphatic carbocycles. The molecule has 1 aromatic heterocycles. The van der Waals surface area contributed by atoms with Gasteiger partial charge in [-0.2, -0.15) is 10.4 Å². The summed E-state index contributed by atoms with van der Waals surface area (Å²) >= 11 is 0. The quantitative estimate of drug-likeness (QED) is 0.349. The van der Waals surface area contributed by atoms with E-state index in [1.165, 1.54) is 0 Å². The molecule has 2 unspecified atom stereocenters. The molecule has 5 nitrogen and oxygen atoms in total. The van der Waals surface area contributed by atoms with E-state index in [9.17, 15) is 4.79 Å². The van der Waals surface area contributed by atoms with Crippen molar-refractivity contribution < 1.29 is 4.79 Å². The van der Waals surface area contributed by atoms with E-state index in [1.54, 1.807) is 12.4 Å². The van der Waals surface area contributed by atoms with Gasteiger partial charge in [0.1, 0.15) is 0 Å². The van der Waals surface area contributed by atoms with Crippen molar-refractivity contribution in [2.75, 3.05) is 0 Å². The van der Waals surface area contributed by atoms with Crippen LogP contribution in [0, 0.1) is 17.2 Å². The number of aromatic nitrogens is 1. The van der Waals surface area contributed by atoms with Gasteiger partial charge < -0.3 is 0 Å². The molecular formula is C28H22N4O. The average molecular weight is 431 g/mol. The molecule has 0 saturated heterocycles. The van der Waals surface area contributed by atoms with Gasteiger partial charge in [-0.25, -0.2) is 5.43 Å². The van der Waals surface area contributed by atoms with Crippen molar-refractivity contribution in [3.8, 4) is 17.2 Å². The lowest BCUT2D eigenvalue weighted by atomic mass is 9.93. The summed E-state index contributed by atoms with van der Waals surface area (Å²) in [4.78, 5) is 16.9. The van der Waals surface area contributed by atoms with Crippen LogP contribution in [0.15, 0.2) is 90.3 Å². The maximum absolute atomic E-state index is 12.7. The molecule has 4 aromatic rings. The number of pyridine rings is 1. The summed E-state index contributed by atoms with van der Waals surface area (Å²) in [5, 5.41) is 15.3. The minimum absolute atomic E-state index is 0.0631. The first-order valence-electron chi connectivity index (χ1n) is 10.9. The summed E-state index contributed by atoms with van der Waals surface area (Å²) in [6.45, 7) is 2.12. The molecule has 3 aromatic carbocycles. The summed E-state index contributed by atoms with van der Waals surface area (Å²) in [5.41, 5.74) is 7.41. The Kier molecular flexibility index (Phi) is 5.20. The minimum atomic E-state index is -0.187. The van der Waals surface area contributed by atoms with Gasteiger partial charge in [-0.3, -0.25) is 9.78 Å². The normalized spacial score (nSPS) is 19.3. The Morgan fingerprint density at radius 3 is 2.55 bits per heavy atom. The second-order valence-corrected chi connectivity index (χ2v) is 8.62. The van der Waals surface area contributed by atoms with E-state index >= 15 is 0 Å². The highest BCUT2D eigenvalue weighted by Gasteiger charge is 2.55. The zero-order valence-corrected chi connectivity index (χ0v) is 18.2. The summed E-state index contributed by atoms with van der Waals surface area (Å²) in [7, 11) is 0. The fraction of sp³-hybridized carbons (Fsp3) is 0.143. The zero-order valence-electron chi connectivity index (χ0n) is 18.2. The summed E-state index contributed by atoms with van der Waals surface area (Å²) in [6.07, 6.45) is 6.05. The number of benzene rings is 3. The molecule has 5 heteroatoms. The fourth-order valence-electron chi connectivity index (χ4n) is 4.35. The molecule has 1 aliphatic rings. The van der Waals surface area contributed by atoms with Gasteiger partial charge in [0, 0.05) is 28.8 Å². The summed E-state index contributed by atoms with van der Waals surface area (Å²) < 4.78 is 0. The smallest absolute Gasteiger partial charge is 0.244 e. The second kappa shape index (κ2) is 8.33. The van der Waals surface area contributed by atoms with Crippen molar-refractivity contribution in [2.45, 2.75) is 18.8 Å². The molecule has 0 spiro atoms. The van der Waals surface area contributed by atoms with Crippen LogP contribution in [0.2, 0.25) is 0 Å². The van der Waals surface area contributed by atoms with Gasteiger partial charge in [0.25, 0.3) is 0 Å². The van der Waals surface area contributed by atoms with Crippen LogP contribution in [0.3, 0.4) is 0 Å². The molecule has 1 amide bonds. The van der Waals surface area contributed by atoms with Crippen LogP contribution in [-0.2, 0) is 10.2 Å². The molecule has 1 fully saturated rings. The number of rotatable bonds is 5. The molecule has 5 rings (SSSR count). The third-order valence-corrected chi connectivity index (χ3v) is 6.54. The number of nitrogens with one attached hydrogen (secondary N) is 1.